The van der Waals surface area contributed by atoms with Crippen LogP contribution in [0.15, 0.2) is 30.3 Å². The number of hydrogen-bond acceptors (Lipinski definition) is 3. The Hall–Kier alpha value is -1.35. The summed E-state index contributed by atoms with van der Waals surface area (Å²) in [6.45, 7) is 5.26. The van der Waals surface area contributed by atoms with E-state index in [1.165, 1.54) is 31.2 Å². The third kappa shape index (κ3) is 3.46. The minimum atomic E-state index is -0.0484. The second-order valence-electron chi connectivity index (χ2n) is 6.64. The van der Waals surface area contributed by atoms with Crippen molar-refractivity contribution in [2.45, 2.75) is 32.1 Å². The van der Waals surface area contributed by atoms with Gasteiger partial charge >= 0.3 is 0 Å². The molecule has 1 aromatic carbocycles. The Balaban J connectivity index is 1.55. The Kier molecular flexibility index (Phi) is 4.59. The van der Waals surface area contributed by atoms with Gasteiger partial charge in [-0.25, -0.2) is 0 Å². The largest absolute Gasteiger partial charge is 0.369 e. The maximum Gasteiger partial charge on any atom is 0.127 e. The lowest BCUT2D eigenvalue weighted by Crippen LogP contribution is -2.50. The molecular weight excluding hydrogens is 260 g/mol. The molecule has 0 atom stereocenters. The summed E-state index contributed by atoms with van der Waals surface area (Å²) < 4.78 is 0. The van der Waals surface area contributed by atoms with Gasteiger partial charge in [0.15, 0.2) is 0 Å². The number of anilines is 1. The van der Waals surface area contributed by atoms with Gasteiger partial charge in [-0.3, -0.25) is 4.90 Å². The van der Waals surface area contributed by atoms with Crippen molar-refractivity contribution in [3.05, 3.63) is 30.3 Å². The number of carbonyl (C=O) groups excluding carboxylic acids is 1. The van der Waals surface area contributed by atoms with Gasteiger partial charge in [-0.2, -0.15) is 0 Å². The van der Waals surface area contributed by atoms with Crippen molar-refractivity contribution >= 4 is 12.0 Å². The van der Waals surface area contributed by atoms with Gasteiger partial charge in [0.25, 0.3) is 0 Å². The average Bonchev–Trinajstić information content (AvgIpc) is 2.57. The van der Waals surface area contributed by atoms with E-state index in [0.29, 0.717) is 0 Å². The van der Waals surface area contributed by atoms with Crippen LogP contribution in [0.2, 0.25) is 0 Å². The molecule has 1 aliphatic carbocycles. The third-order valence-corrected chi connectivity index (χ3v) is 5.13. The second-order valence-corrected chi connectivity index (χ2v) is 6.64. The zero-order chi connectivity index (χ0) is 14.5. The number of carbonyl (C=O) groups is 1. The van der Waals surface area contributed by atoms with Crippen LogP contribution < -0.4 is 4.90 Å². The van der Waals surface area contributed by atoms with Crippen molar-refractivity contribution in [1.29, 1.82) is 0 Å². The summed E-state index contributed by atoms with van der Waals surface area (Å²) in [7, 11) is 0. The highest BCUT2D eigenvalue weighted by atomic mass is 16.1. The van der Waals surface area contributed by atoms with E-state index in [9.17, 15) is 4.79 Å². The van der Waals surface area contributed by atoms with E-state index in [4.69, 9.17) is 0 Å². The van der Waals surface area contributed by atoms with Gasteiger partial charge in [0.1, 0.15) is 6.29 Å². The van der Waals surface area contributed by atoms with Gasteiger partial charge < -0.3 is 9.69 Å². The highest BCUT2D eigenvalue weighted by Gasteiger charge is 2.34. The molecule has 3 nitrogen and oxygen atoms in total. The first-order chi connectivity index (χ1) is 10.3. The Morgan fingerprint density at radius 2 is 1.62 bits per heavy atom. The Morgan fingerprint density at radius 3 is 2.24 bits per heavy atom. The van der Waals surface area contributed by atoms with Crippen LogP contribution in [0.25, 0.3) is 0 Å². The predicted octanol–water partition coefficient (Wildman–Crippen LogP) is 2.96. The number of nitrogens with zero attached hydrogens (tertiary/aromatic N) is 2. The lowest BCUT2D eigenvalue weighted by atomic mass is 9.75. The van der Waals surface area contributed by atoms with Gasteiger partial charge in [-0.1, -0.05) is 37.5 Å². The molecule has 1 aromatic rings. The molecule has 1 aliphatic heterocycles. The van der Waals surface area contributed by atoms with E-state index in [-0.39, 0.29) is 5.41 Å². The van der Waals surface area contributed by atoms with Gasteiger partial charge in [-0.15, -0.1) is 0 Å². The third-order valence-electron chi connectivity index (χ3n) is 5.13. The molecule has 0 unspecified atom stereocenters. The molecule has 2 aliphatic rings. The van der Waals surface area contributed by atoms with Crippen LogP contribution in [0.1, 0.15) is 32.1 Å². The summed E-state index contributed by atoms with van der Waals surface area (Å²) >= 11 is 0. The maximum absolute atomic E-state index is 11.6. The molecule has 114 valence electrons. The molecule has 0 spiro atoms. The minimum absolute atomic E-state index is 0.0484. The summed E-state index contributed by atoms with van der Waals surface area (Å²) in [6, 6.07) is 10.6. The van der Waals surface area contributed by atoms with Crippen LogP contribution in [-0.4, -0.2) is 43.9 Å². The van der Waals surface area contributed by atoms with Crippen LogP contribution in [0, 0.1) is 5.41 Å². The molecule has 1 saturated carbocycles. The lowest BCUT2D eigenvalue weighted by molar-refractivity contribution is -0.119. The van der Waals surface area contributed by atoms with Crippen molar-refractivity contribution in [3.63, 3.8) is 0 Å². The first-order valence-corrected chi connectivity index (χ1v) is 8.30. The molecule has 3 heteroatoms. The molecule has 0 N–H and O–H groups in total. The minimum Gasteiger partial charge on any atom is -0.369 e. The molecule has 21 heavy (non-hydrogen) atoms. The first-order valence-electron chi connectivity index (χ1n) is 8.30. The van der Waals surface area contributed by atoms with Crippen molar-refractivity contribution in [2.24, 2.45) is 5.41 Å². The number of para-hydroxylation sites is 1. The molecule has 1 saturated heterocycles. The van der Waals surface area contributed by atoms with Crippen molar-refractivity contribution in [2.75, 3.05) is 37.6 Å². The Bertz CT molecular complexity index is 446. The van der Waals surface area contributed by atoms with Gasteiger partial charge in [0, 0.05) is 43.8 Å². The van der Waals surface area contributed by atoms with E-state index in [2.05, 4.69) is 40.1 Å². The SMILES string of the molecule is O=CC1(CN2CCN(c3ccccc3)CC2)CCCCC1. The van der Waals surface area contributed by atoms with E-state index in [1.54, 1.807) is 0 Å². The monoisotopic (exact) mass is 286 g/mol. The zero-order valence-corrected chi connectivity index (χ0v) is 12.8. The fourth-order valence-electron chi connectivity index (χ4n) is 3.82. The highest BCUT2D eigenvalue weighted by molar-refractivity contribution is 5.60. The first kappa shape index (κ1) is 14.6. The van der Waals surface area contributed by atoms with E-state index in [0.717, 1.165) is 45.6 Å². The Morgan fingerprint density at radius 1 is 0.952 bits per heavy atom. The summed E-state index contributed by atoms with van der Waals surface area (Å²) in [5, 5.41) is 0. The van der Waals surface area contributed by atoms with Gasteiger partial charge in [-0.05, 0) is 25.0 Å². The van der Waals surface area contributed by atoms with Gasteiger partial charge in [0.05, 0.1) is 0 Å². The van der Waals surface area contributed by atoms with E-state index in [1.807, 2.05) is 0 Å². The van der Waals surface area contributed by atoms with Crippen molar-refractivity contribution in [1.82, 2.24) is 4.90 Å². The Labute approximate surface area is 127 Å². The quantitative estimate of drug-likeness (QED) is 0.795. The second kappa shape index (κ2) is 6.61. The van der Waals surface area contributed by atoms with Crippen LogP contribution in [0.5, 0.6) is 0 Å². The molecule has 1 heterocycles. The molecule has 2 fully saturated rings. The summed E-state index contributed by atoms with van der Waals surface area (Å²) in [4.78, 5) is 16.6. The topological polar surface area (TPSA) is 23.6 Å². The van der Waals surface area contributed by atoms with Crippen molar-refractivity contribution in [3.8, 4) is 0 Å². The number of piperazine rings is 1. The number of aldehydes is 1. The van der Waals surface area contributed by atoms with Gasteiger partial charge in [0.2, 0.25) is 0 Å². The van der Waals surface area contributed by atoms with E-state index < -0.39 is 0 Å². The van der Waals surface area contributed by atoms with Crippen LogP contribution in [0.4, 0.5) is 5.69 Å². The summed E-state index contributed by atoms with van der Waals surface area (Å²) in [6.07, 6.45) is 7.20. The molecule has 0 amide bonds. The molecular formula is C18H26N2O. The normalized spacial score (nSPS) is 23.0. The molecule has 3 rings (SSSR count). The van der Waals surface area contributed by atoms with Crippen LogP contribution >= 0.6 is 0 Å². The standard InChI is InChI=1S/C18H26N2O/c21-16-18(9-5-2-6-10-18)15-19-11-13-20(14-12-19)17-7-3-1-4-8-17/h1,3-4,7-8,16H,2,5-6,9-15H2. The maximum atomic E-state index is 11.6. The fourth-order valence-corrected chi connectivity index (χ4v) is 3.82. The van der Waals surface area contributed by atoms with Crippen LogP contribution in [-0.2, 0) is 4.79 Å². The molecule has 0 aromatic heterocycles. The smallest absolute Gasteiger partial charge is 0.127 e. The van der Waals surface area contributed by atoms with E-state index >= 15 is 0 Å². The average molecular weight is 286 g/mol. The highest BCUT2D eigenvalue weighted by Crippen LogP contribution is 2.35. The predicted molar refractivity (Wildman–Crippen MR) is 86.7 cm³/mol. The molecule has 0 radical (unpaired) electrons. The summed E-state index contributed by atoms with van der Waals surface area (Å²) in [5.74, 6) is 0. The zero-order valence-electron chi connectivity index (χ0n) is 12.8. The number of hydrogen-bond donors (Lipinski definition) is 0. The summed E-state index contributed by atoms with van der Waals surface area (Å²) in [5.41, 5.74) is 1.27. The van der Waals surface area contributed by atoms with Crippen LogP contribution in [0.3, 0.4) is 0 Å². The van der Waals surface area contributed by atoms with Crippen molar-refractivity contribution < 1.29 is 4.79 Å². The number of rotatable bonds is 4. The number of benzene rings is 1. The fraction of sp³-hybridized carbons (Fsp3) is 0.611. The molecule has 0 bridgehead atoms. The lowest BCUT2D eigenvalue weighted by Gasteiger charge is -2.41.